The van der Waals surface area contributed by atoms with Crippen LogP contribution in [0.3, 0.4) is 0 Å². The molecule has 0 amide bonds. The van der Waals surface area contributed by atoms with E-state index in [0.717, 1.165) is 39.8 Å². The molecule has 1 atom stereocenters. The van der Waals surface area contributed by atoms with Crippen LogP contribution in [0.25, 0.3) is 27.7 Å². The highest BCUT2D eigenvalue weighted by Gasteiger charge is 2.16. The molecule has 0 radical (unpaired) electrons. The van der Waals surface area contributed by atoms with Gasteiger partial charge in [0.2, 0.25) is 0 Å². The van der Waals surface area contributed by atoms with Crippen LogP contribution < -0.4 is 0 Å². The lowest BCUT2D eigenvalue weighted by molar-refractivity contribution is 0.362. The van der Waals surface area contributed by atoms with Gasteiger partial charge in [0.25, 0.3) is 0 Å². The van der Waals surface area contributed by atoms with Crippen LogP contribution in [-0.2, 0) is 0 Å². The van der Waals surface area contributed by atoms with Gasteiger partial charge in [-0.15, -0.1) is 0 Å². The van der Waals surface area contributed by atoms with Gasteiger partial charge in [-0.3, -0.25) is 0 Å². The van der Waals surface area contributed by atoms with Crippen LogP contribution in [-0.4, -0.2) is 23.0 Å². The first-order valence-electron chi connectivity index (χ1n) is 8.59. The number of fused-ring (bicyclic) bond motifs is 1. The smallest absolute Gasteiger partial charge is 0.0870 e. The highest BCUT2D eigenvalue weighted by molar-refractivity contribution is 6.33. The van der Waals surface area contributed by atoms with E-state index >= 15 is 0 Å². The van der Waals surface area contributed by atoms with E-state index in [-0.39, 0.29) is 0 Å². The van der Waals surface area contributed by atoms with E-state index < -0.39 is 0 Å². The van der Waals surface area contributed by atoms with Crippen molar-refractivity contribution >= 4 is 28.1 Å². The van der Waals surface area contributed by atoms with E-state index in [1.165, 1.54) is 0 Å². The SMILES string of the molecule is C=C(c1cc2ccccc2c(-c2ccccc2Cl)n1)N(C)C(C)CC. The summed E-state index contributed by atoms with van der Waals surface area (Å²) in [5, 5.41) is 2.94. The lowest BCUT2D eigenvalue weighted by atomic mass is 10.0. The molecule has 1 aromatic heterocycles. The van der Waals surface area contributed by atoms with Crippen LogP contribution in [0.15, 0.2) is 61.2 Å². The van der Waals surface area contributed by atoms with Crippen molar-refractivity contribution in [2.24, 2.45) is 0 Å². The Morgan fingerprint density at radius 3 is 2.56 bits per heavy atom. The number of hydrogen-bond donors (Lipinski definition) is 0. The first kappa shape index (κ1) is 17.5. The van der Waals surface area contributed by atoms with Crippen molar-refractivity contribution in [1.29, 1.82) is 0 Å². The first-order chi connectivity index (χ1) is 12.0. The second-order valence-corrected chi connectivity index (χ2v) is 6.78. The second kappa shape index (κ2) is 7.28. The lowest BCUT2D eigenvalue weighted by Crippen LogP contribution is -2.26. The van der Waals surface area contributed by atoms with Crippen molar-refractivity contribution in [2.75, 3.05) is 7.05 Å². The summed E-state index contributed by atoms with van der Waals surface area (Å²) in [6.07, 6.45) is 1.06. The van der Waals surface area contributed by atoms with Crippen molar-refractivity contribution in [3.8, 4) is 11.3 Å². The molecule has 2 aromatic carbocycles. The van der Waals surface area contributed by atoms with Crippen LogP contribution in [0.2, 0.25) is 5.02 Å². The molecule has 1 unspecified atom stereocenters. The summed E-state index contributed by atoms with van der Waals surface area (Å²) in [5.41, 5.74) is 3.66. The molecule has 2 nitrogen and oxygen atoms in total. The van der Waals surface area contributed by atoms with Crippen LogP contribution in [0.1, 0.15) is 26.0 Å². The van der Waals surface area contributed by atoms with Gasteiger partial charge in [-0.1, -0.05) is 67.6 Å². The minimum absolute atomic E-state index is 0.407. The Labute approximate surface area is 154 Å². The first-order valence-corrected chi connectivity index (χ1v) is 8.97. The topological polar surface area (TPSA) is 16.1 Å². The van der Waals surface area contributed by atoms with Gasteiger partial charge < -0.3 is 4.90 Å². The van der Waals surface area contributed by atoms with E-state index in [2.05, 4.69) is 50.6 Å². The molecule has 0 saturated heterocycles. The van der Waals surface area contributed by atoms with Gasteiger partial charge in [-0.2, -0.15) is 0 Å². The fraction of sp³-hybridized carbons (Fsp3) is 0.227. The molecule has 3 heteroatoms. The van der Waals surface area contributed by atoms with Gasteiger partial charge in [-0.25, -0.2) is 4.98 Å². The molecular weight excluding hydrogens is 328 g/mol. The monoisotopic (exact) mass is 350 g/mol. The molecule has 0 aliphatic carbocycles. The summed E-state index contributed by atoms with van der Waals surface area (Å²) in [7, 11) is 2.07. The van der Waals surface area contributed by atoms with Crippen molar-refractivity contribution in [2.45, 2.75) is 26.3 Å². The van der Waals surface area contributed by atoms with Crippen LogP contribution in [0.5, 0.6) is 0 Å². The standard InChI is InChI=1S/C22H23ClN2/c1-5-15(2)25(4)16(3)21-14-17-10-6-7-11-18(17)22(24-21)19-12-8-9-13-20(19)23/h6-15H,3,5H2,1-2,4H3. The number of pyridine rings is 1. The summed E-state index contributed by atoms with van der Waals surface area (Å²) >= 11 is 6.45. The number of aromatic nitrogens is 1. The molecule has 0 spiro atoms. The molecule has 1 heterocycles. The third kappa shape index (κ3) is 3.40. The van der Waals surface area contributed by atoms with Gasteiger partial charge in [0, 0.05) is 29.1 Å². The van der Waals surface area contributed by atoms with E-state index in [9.17, 15) is 0 Å². The average Bonchev–Trinajstić information content (AvgIpc) is 2.65. The van der Waals surface area contributed by atoms with Crippen molar-refractivity contribution in [1.82, 2.24) is 9.88 Å². The van der Waals surface area contributed by atoms with Crippen molar-refractivity contribution in [3.05, 3.63) is 71.9 Å². The Morgan fingerprint density at radius 2 is 1.84 bits per heavy atom. The number of rotatable bonds is 5. The highest BCUT2D eigenvalue weighted by Crippen LogP contribution is 2.34. The zero-order valence-electron chi connectivity index (χ0n) is 15.0. The predicted octanol–water partition coefficient (Wildman–Crippen LogP) is 6.26. The molecular formula is C22H23ClN2. The third-order valence-electron chi connectivity index (χ3n) is 4.84. The molecule has 128 valence electrons. The van der Waals surface area contributed by atoms with E-state index in [1.54, 1.807) is 0 Å². The zero-order valence-corrected chi connectivity index (χ0v) is 15.7. The largest absolute Gasteiger partial charge is 0.371 e. The normalized spacial score (nSPS) is 12.2. The van der Waals surface area contributed by atoms with Gasteiger partial charge in [0.05, 0.1) is 17.1 Å². The quantitative estimate of drug-likeness (QED) is 0.540. The molecule has 0 saturated carbocycles. The Morgan fingerprint density at radius 1 is 1.16 bits per heavy atom. The fourth-order valence-electron chi connectivity index (χ4n) is 2.93. The van der Waals surface area contributed by atoms with Crippen LogP contribution >= 0.6 is 11.6 Å². The highest BCUT2D eigenvalue weighted by atomic mass is 35.5. The molecule has 0 fully saturated rings. The second-order valence-electron chi connectivity index (χ2n) is 6.37. The minimum atomic E-state index is 0.407. The number of benzene rings is 2. The fourth-order valence-corrected chi connectivity index (χ4v) is 3.15. The molecule has 3 rings (SSSR count). The summed E-state index contributed by atoms with van der Waals surface area (Å²) < 4.78 is 0. The number of hydrogen-bond acceptors (Lipinski definition) is 2. The third-order valence-corrected chi connectivity index (χ3v) is 5.17. The van der Waals surface area contributed by atoms with E-state index in [0.29, 0.717) is 11.1 Å². The lowest BCUT2D eigenvalue weighted by Gasteiger charge is -2.28. The van der Waals surface area contributed by atoms with E-state index in [4.69, 9.17) is 16.6 Å². The number of nitrogens with zero attached hydrogens (tertiary/aromatic N) is 2. The van der Waals surface area contributed by atoms with Gasteiger partial charge >= 0.3 is 0 Å². The summed E-state index contributed by atoms with van der Waals surface area (Å²) in [4.78, 5) is 7.13. The molecule has 0 N–H and O–H groups in total. The number of halogens is 1. The summed E-state index contributed by atoms with van der Waals surface area (Å²) in [6.45, 7) is 8.66. The Hall–Kier alpha value is -2.32. The predicted molar refractivity (Wildman–Crippen MR) is 109 cm³/mol. The van der Waals surface area contributed by atoms with Gasteiger partial charge in [0.1, 0.15) is 0 Å². The Kier molecular flexibility index (Phi) is 5.10. The molecule has 0 aliphatic heterocycles. The van der Waals surface area contributed by atoms with Crippen LogP contribution in [0.4, 0.5) is 0 Å². The molecule has 0 bridgehead atoms. The Bertz CT molecular complexity index is 917. The molecule has 3 aromatic rings. The zero-order chi connectivity index (χ0) is 18.0. The maximum absolute atomic E-state index is 6.45. The van der Waals surface area contributed by atoms with Crippen LogP contribution in [0, 0.1) is 0 Å². The van der Waals surface area contributed by atoms with Gasteiger partial charge in [-0.05, 0) is 30.9 Å². The average molecular weight is 351 g/mol. The van der Waals surface area contributed by atoms with Crippen molar-refractivity contribution in [3.63, 3.8) is 0 Å². The summed E-state index contributed by atoms with van der Waals surface area (Å²) in [5.74, 6) is 0. The van der Waals surface area contributed by atoms with Gasteiger partial charge in [0.15, 0.2) is 0 Å². The molecule has 0 aliphatic rings. The van der Waals surface area contributed by atoms with Crippen molar-refractivity contribution < 1.29 is 0 Å². The van der Waals surface area contributed by atoms with E-state index in [1.807, 2.05) is 36.4 Å². The maximum atomic E-state index is 6.45. The molecule has 25 heavy (non-hydrogen) atoms. The Balaban J connectivity index is 2.20. The summed E-state index contributed by atoms with van der Waals surface area (Å²) in [6, 6.07) is 18.6. The maximum Gasteiger partial charge on any atom is 0.0870 e. The minimum Gasteiger partial charge on any atom is -0.371 e.